The molecule has 0 aliphatic carbocycles. The summed E-state index contributed by atoms with van der Waals surface area (Å²) in [7, 11) is 0. The molecule has 0 unspecified atom stereocenters. The molecule has 9 heteroatoms. The number of allylic oxidation sites excluding steroid dienone is 2. The first-order chi connectivity index (χ1) is 22.3. The van der Waals surface area contributed by atoms with E-state index in [1.165, 1.54) is 0 Å². The summed E-state index contributed by atoms with van der Waals surface area (Å²) in [4.78, 5) is 47.6. The number of amides is 2. The average molecular weight is 637 g/mol. The Labute approximate surface area is 275 Å². The molecule has 238 valence electrons. The standard InChI is InChI=1S/C33H31N3O4S.C4H9N/c1-4-40-33(39)26-19-17-24(18-20-26)30-27-14-8-9-15-29(27)41-28(23(3)21-34-30)16-10-11-22(2)31(37)35-36-32(38)25-12-6-5-7-13-25;1-3-5-4-2/h5-15,17-20H,2,4,16,21H2,1,3H3,(H,35,37)(H,36,38);3H,4H2,1-2H3/b11-10-,28-23-,34-30?;. The van der Waals surface area contributed by atoms with Gasteiger partial charge in [0, 0.05) is 33.7 Å². The van der Waals surface area contributed by atoms with Crippen LogP contribution < -0.4 is 10.9 Å². The molecule has 0 radical (unpaired) electrons. The maximum Gasteiger partial charge on any atom is 0.338 e. The molecular weight excluding hydrogens is 596 g/mol. The monoisotopic (exact) mass is 636 g/mol. The molecule has 46 heavy (non-hydrogen) atoms. The largest absolute Gasteiger partial charge is 0.462 e. The highest BCUT2D eigenvalue weighted by atomic mass is 32.2. The molecule has 0 saturated heterocycles. The Bertz CT molecular complexity index is 1640. The summed E-state index contributed by atoms with van der Waals surface area (Å²) in [6, 6.07) is 24.0. The first kappa shape index (κ1) is 35.5. The van der Waals surface area contributed by atoms with Crippen molar-refractivity contribution in [1.29, 1.82) is 0 Å². The minimum absolute atomic E-state index is 0.222. The number of esters is 1. The number of thioether (sulfide) groups is 1. The van der Waals surface area contributed by atoms with Crippen LogP contribution in [0.2, 0.25) is 0 Å². The van der Waals surface area contributed by atoms with Crippen LogP contribution in [0.25, 0.3) is 0 Å². The summed E-state index contributed by atoms with van der Waals surface area (Å²) in [5.74, 6) is -1.24. The second-order valence-corrected chi connectivity index (χ2v) is 11.1. The van der Waals surface area contributed by atoms with E-state index in [1.54, 1.807) is 67.4 Å². The van der Waals surface area contributed by atoms with Gasteiger partial charge in [-0.15, -0.1) is 0 Å². The molecule has 0 spiro atoms. The Kier molecular flexibility index (Phi) is 14.4. The van der Waals surface area contributed by atoms with Crippen molar-refractivity contribution in [2.24, 2.45) is 9.98 Å². The van der Waals surface area contributed by atoms with Gasteiger partial charge in [-0.3, -0.25) is 30.4 Å². The summed E-state index contributed by atoms with van der Waals surface area (Å²) in [6.45, 7) is 13.3. The van der Waals surface area contributed by atoms with E-state index in [1.807, 2.05) is 56.3 Å². The molecule has 4 rings (SSSR count). The van der Waals surface area contributed by atoms with Crippen LogP contribution in [0, 0.1) is 0 Å². The van der Waals surface area contributed by atoms with Crippen LogP contribution in [0.15, 0.2) is 129 Å². The number of ether oxygens (including phenoxy) is 1. The van der Waals surface area contributed by atoms with Gasteiger partial charge >= 0.3 is 5.97 Å². The van der Waals surface area contributed by atoms with Crippen LogP contribution in [0.4, 0.5) is 0 Å². The maximum absolute atomic E-state index is 12.4. The molecule has 3 aromatic rings. The summed E-state index contributed by atoms with van der Waals surface area (Å²) in [6.07, 6.45) is 5.93. The molecule has 0 aromatic heterocycles. The quantitative estimate of drug-likeness (QED) is 0.0853. The Morgan fingerprint density at radius 2 is 1.65 bits per heavy atom. The highest BCUT2D eigenvalue weighted by molar-refractivity contribution is 8.03. The molecule has 1 aliphatic rings. The summed E-state index contributed by atoms with van der Waals surface area (Å²) in [5.41, 5.74) is 9.86. The zero-order valence-corrected chi connectivity index (χ0v) is 27.5. The fraction of sp³-hybridized carbons (Fsp3) is 0.216. The highest BCUT2D eigenvalue weighted by Gasteiger charge is 2.18. The number of aliphatic imine (C=N–C) groups is 2. The normalized spacial score (nSPS) is 14.2. The number of fused-ring (bicyclic) bond motifs is 1. The van der Waals surface area contributed by atoms with Gasteiger partial charge in [-0.1, -0.05) is 79.0 Å². The average Bonchev–Trinajstić information content (AvgIpc) is 3.07. The van der Waals surface area contributed by atoms with Crippen LogP contribution in [-0.2, 0) is 9.53 Å². The van der Waals surface area contributed by atoms with Crippen molar-refractivity contribution < 1.29 is 19.1 Å². The highest BCUT2D eigenvalue weighted by Crippen LogP contribution is 2.36. The Morgan fingerprint density at radius 1 is 0.957 bits per heavy atom. The van der Waals surface area contributed by atoms with E-state index in [-0.39, 0.29) is 11.5 Å². The van der Waals surface area contributed by atoms with Crippen molar-refractivity contribution in [2.75, 3.05) is 19.7 Å². The summed E-state index contributed by atoms with van der Waals surface area (Å²) < 4.78 is 5.10. The predicted octanol–water partition coefficient (Wildman–Crippen LogP) is 7.14. The fourth-order valence-electron chi connectivity index (χ4n) is 4.21. The number of rotatable bonds is 9. The second-order valence-electron chi connectivity index (χ2n) is 9.93. The van der Waals surface area contributed by atoms with E-state index in [4.69, 9.17) is 9.73 Å². The van der Waals surface area contributed by atoms with Crippen molar-refractivity contribution in [3.63, 3.8) is 0 Å². The molecular formula is C37H40N4O4S. The van der Waals surface area contributed by atoms with Crippen LogP contribution >= 0.6 is 11.8 Å². The number of nitrogens with one attached hydrogen (secondary N) is 2. The van der Waals surface area contributed by atoms with Gasteiger partial charge < -0.3 is 4.74 Å². The van der Waals surface area contributed by atoms with Crippen LogP contribution in [0.5, 0.6) is 0 Å². The van der Waals surface area contributed by atoms with Gasteiger partial charge in [0.1, 0.15) is 0 Å². The second kappa shape index (κ2) is 18.7. The lowest BCUT2D eigenvalue weighted by Crippen LogP contribution is -2.41. The number of nitrogens with zero attached hydrogens (tertiary/aromatic N) is 2. The molecule has 3 aromatic carbocycles. The molecule has 0 fully saturated rings. The summed E-state index contributed by atoms with van der Waals surface area (Å²) in [5, 5.41) is 0. The van der Waals surface area contributed by atoms with Crippen molar-refractivity contribution in [2.45, 2.75) is 39.0 Å². The van der Waals surface area contributed by atoms with Gasteiger partial charge in [0.2, 0.25) is 0 Å². The molecule has 2 amide bonds. The van der Waals surface area contributed by atoms with Gasteiger partial charge in [0.15, 0.2) is 0 Å². The molecule has 2 N–H and O–H groups in total. The molecule has 8 nitrogen and oxygen atoms in total. The van der Waals surface area contributed by atoms with Crippen LogP contribution in [-0.4, -0.2) is 49.4 Å². The van der Waals surface area contributed by atoms with Gasteiger partial charge in [0.05, 0.1) is 24.4 Å². The molecule has 0 bridgehead atoms. The van der Waals surface area contributed by atoms with Crippen LogP contribution in [0.1, 0.15) is 66.0 Å². The zero-order chi connectivity index (χ0) is 33.3. The maximum atomic E-state index is 12.4. The number of hydrazine groups is 1. The SMILES string of the molecule is C=C(/C=C\C/C1=C(\C)CN=C(c2ccc(C(=O)OCC)cc2)c2ccccc2S1)C(=O)NNC(=O)c1ccccc1.CC=NCC. The topological polar surface area (TPSA) is 109 Å². The predicted molar refractivity (Wildman–Crippen MR) is 188 cm³/mol. The lowest BCUT2D eigenvalue weighted by molar-refractivity contribution is -0.117. The first-order valence-corrected chi connectivity index (χ1v) is 15.8. The van der Waals surface area contributed by atoms with Crippen molar-refractivity contribution in [1.82, 2.24) is 10.9 Å². The minimum Gasteiger partial charge on any atom is -0.462 e. The Balaban J connectivity index is 0.00000107. The number of hydrogen-bond acceptors (Lipinski definition) is 7. The molecule has 0 atom stereocenters. The Morgan fingerprint density at radius 3 is 2.30 bits per heavy atom. The number of hydrogen-bond donors (Lipinski definition) is 2. The number of benzene rings is 3. The van der Waals surface area contributed by atoms with Gasteiger partial charge in [0.25, 0.3) is 11.8 Å². The molecule has 1 heterocycles. The van der Waals surface area contributed by atoms with Crippen LogP contribution in [0.3, 0.4) is 0 Å². The van der Waals surface area contributed by atoms with Crippen molar-refractivity contribution in [3.05, 3.63) is 136 Å². The minimum atomic E-state index is -0.491. The van der Waals surface area contributed by atoms with Crippen molar-refractivity contribution in [3.8, 4) is 0 Å². The number of carbonyl (C=O) groups is 3. The van der Waals surface area contributed by atoms with E-state index in [2.05, 4.69) is 35.4 Å². The van der Waals surface area contributed by atoms with Gasteiger partial charge in [-0.25, -0.2) is 4.79 Å². The van der Waals surface area contributed by atoms with Gasteiger partial charge in [-0.05, 0) is 81.1 Å². The van der Waals surface area contributed by atoms with Crippen molar-refractivity contribution >= 4 is 41.5 Å². The smallest absolute Gasteiger partial charge is 0.338 e. The zero-order valence-electron chi connectivity index (χ0n) is 26.7. The lowest BCUT2D eigenvalue weighted by Gasteiger charge is -2.18. The Hall–Kier alpha value is -5.02. The van der Waals surface area contributed by atoms with E-state index in [9.17, 15) is 14.4 Å². The van der Waals surface area contributed by atoms with E-state index < -0.39 is 11.8 Å². The molecule has 0 saturated carbocycles. The third kappa shape index (κ3) is 10.6. The third-order valence-corrected chi connectivity index (χ3v) is 7.94. The lowest BCUT2D eigenvalue weighted by atomic mass is 10.0. The van der Waals surface area contributed by atoms with E-state index in [0.29, 0.717) is 30.7 Å². The number of carbonyl (C=O) groups excluding carboxylic acids is 3. The van der Waals surface area contributed by atoms with E-state index >= 15 is 0 Å². The van der Waals surface area contributed by atoms with E-state index in [0.717, 1.165) is 38.8 Å². The third-order valence-electron chi connectivity index (χ3n) is 6.60. The first-order valence-electron chi connectivity index (χ1n) is 15.0. The van der Waals surface area contributed by atoms with Gasteiger partial charge in [-0.2, -0.15) is 0 Å². The summed E-state index contributed by atoms with van der Waals surface area (Å²) >= 11 is 1.67. The molecule has 1 aliphatic heterocycles. The fourth-order valence-corrected chi connectivity index (χ4v) is 5.31.